The molecule has 0 aromatic heterocycles. The maximum absolute atomic E-state index is 12.2. The molecular formula is C13H17F2N3O3. The second-order valence-electron chi connectivity index (χ2n) is 4.18. The maximum atomic E-state index is 12.2. The van der Waals surface area contributed by atoms with Crippen LogP contribution >= 0.6 is 0 Å². The van der Waals surface area contributed by atoms with Crippen LogP contribution in [0.4, 0.5) is 8.78 Å². The number of hydrogen-bond donors (Lipinski definition) is 3. The molecule has 0 saturated carbocycles. The van der Waals surface area contributed by atoms with Gasteiger partial charge in [-0.3, -0.25) is 4.79 Å². The zero-order chi connectivity index (χ0) is 15.7. The van der Waals surface area contributed by atoms with Crippen LogP contribution in [0.3, 0.4) is 0 Å². The minimum absolute atomic E-state index is 0.0502. The van der Waals surface area contributed by atoms with Crippen LogP contribution in [0.5, 0.6) is 5.75 Å². The summed E-state index contributed by atoms with van der Waals surface area (Å²) in [5, 5.41) is 13.8. The first-order valence-electron chi connectivity index (χ1n) is 6.33. The fourth-order valence-corrected chi connectivity index (χ4v) is 1.63. The SMILES string of the molecule is NC(CCCCNC(=O)c1ccccc1OC(F)F)=NO. The summed E-state index contributed by atoms with van der Waals surface area (Å²) in [5.74, 6) is -0.534. The number of unbranched alkanes of at least 4 members (excludes halogenated alkanes) is 1. The van der Waals surface area contributed by atoms with Gasteiger partial charge in [0.05, 0.1) is 5.56 Å². The number of hydrogen-bond acceptors (Lipinski definition) is 4. The van der Waals surface area contributed by atoms with Gasteiger partial charge in [0, 0.05) is 13.0 Å². The highest BCUT2D eigenvalue weighted by Crippen LogP contribution is 2.19. The molecule has 0 spiro atoms. The monoisotopic (exact) mass is 301 g/mol. The number of ether oxygens (including phenoxy) is 1. The molecule has 1 aromatic carbocycles. The Bertz CT molecular complexity index is 495. The van der Waals surface area contributed by atoms with Gasteiger partial charge in [-0.15, -0.1) is 0 Å². The molecule has 0 fully saturated rings. The highest BCUT2D eigenvalue weighted by atomic mass is 19.3. The van der Waals surface area contributed by atoms with E-state index in [4.69, 9.17) is 10.9 Å². The van der Waals surface area contributed by atoms with Crippen LogP contribution in [0, 0.1) is 0 Å². The molecule has 6 nitrogen and oxygen atoms in total. The largest absolute Gasteiger partial charge is 0.434 e. The van der Waals surface area contributed by atoms with Crippen molar-refractivity contribution in [2.24, 2.45) is 10.9 Å². The maximum Gasteiger partial charge on any atom is 0.387 e. The Morgan fingerprint density at radius 3 is 2.76 bits per heavy atom. The molecule has 0 aliphatic carbocycles. The first-order chi connectivity index (χ1) is 10.0. The van der Waals surface area contributed by atoms with Crippen LogP contribution in [0.1, 0.15) is 29.6 Å². The van der Waals surface area contributed by atoms with E-state index in [0.717, 1.165) is 0 Å². The molecule has 0 heterocycles. The molecule has 1 aromatic rings. The molecule has 0 unspecified atom stereocenters. The average molecular weight is 301 g/mol. The Morgan fingerprint density at radius 2 is 2.10 bits per heavy atom. The molecule has 8 heteroatoms. The van der Waals surface area contributed by atoms with Gasteiger partial charge in [0.15, 0.2) is 0 Å². The second-order valence-corrected chi connectivity index (χ2v) is 4.18. The van der Waals surface area contributed by atoms with Crippen molar-refractivity contribution in [1.29, 1.82) is 0 Å². The number of carbonyl (C=O) groups excluding carboxylic acids is 1. The second kappa shape index (κ2) is 8.72. The van der Waals surface area contributed by atoms with Gasteiger partial charge in [-0.25, -0.2) is 0 Å². The molecule has 21 heavy (non-hydrogen) atoms. The summed E-state index contributed by atoms with van der Waals surface area (Å²) in [6, 6.07) is 5.78. The van der Waals surface area contributed by atoms with Crippen LogP contribution in [0.2, 0.25) is 0 Å². The molecule has 0 bridgehead atoms. The van der Waals surface area contributed by atoms with E-state index in [9.17, 15) is 13.6 Å². The predicted octanol–water partition coefficient (Wildman–Crippen LogP) is 1.93. The van der Waals surface area contributed by atoms with Gasteiger partial charge in [-0.1, -0.05) is 17.3 Å². The quantitative estimate of drug-likeness (QED) is 0.225. The lowest BCUT2D eigenvalue weighted by Crippen LogP contribution is -2.25. The van der Waals surface area contributed by atoms with Crippen molar-refractivity contribution < 1.29 is 23.5 Å². The van der Waals surface area contributed by atoms with E-state index in [1.807, 2.05) is 0 Å². The molecule has 1 amide bonds. The summed E-state index contributed by atoms with van der Waals surface area (Å²) in [7, 11) is 0. The van der Waals surface area contributed by atoms with E-state index < -0.39 is 12.5 Å². The van der Waals surface area contributed by atoms with Crippen molar-refractivity contribution in [2.45, 2.75) is 25.9 Å². The van der Waals surface area contributed by atoms with Crippen molar-refractivity contribution in [3.63, 3.8) is 0 Å². The number of oxime groups is 1. The number of para-hydroxylation sites is 1. The van der Waals surface area contributed by atoms with Crippen molar-refractivity contribution in [3.05, 3.63) is 29.8 Å². The Labute approximate surface area is 120 Å². The van der Waals surface area contributed by atoms with E-state index in [1.54, 1.807) is 6.07 Å². The van der Waals surface area contributed by atoms with Crippen LogP contribution in [-0.4, -0.2) is 30.1 Å². The lowest BCUT2D eigenvalue weighted by molar-refractivity contribution is -0.0501. The van der Waals surface area contributed by atoms with Gasteiger partial charge in [0.2, 0.25) is 0 Å². The zero-order valence-electron chi connectivity index (χ0n) is 11.3. The summed E-state index contributed by atoms with van der Waals surface area (Å²) in [6.45, 7) is -2.64. The molecule has 0 atom stereocenters. The first-order valence-corrected chi connectivity index (χ1v) is 6.33. The molecule has 4 N–H and O–H groups in total. The number of alkyl halides is 2. The number of carbonyl (C=O) groups is 1. The zero-order valence-corrected chi connectivity index (χ0v) is 11.3. The summed E-state index contributed by atoms with van der Waals surface area (Å²) in [4.78, 5) is 11.9. The smallest absolute Gasteiger partial charge is 0.387 e. The number of benzene rings is 1. The van der Waals surface area contributed by atoms with E-state index in [-0.39, 0.29) is 17.1 Å². The van der Waals surface area contributed by atoms with Crippen LogP contribution in [0.25, 0.3) is 0 Å². The minimum Gasteiger partial charge on any atom is -0.434 e. The van der Waals surface area contributed by atoms with E-state index in [2.05, 4.69) is 15.2 Å². The van der Waals surface area contributed by atoms with Crippen molar-refractivity contribution in [2.75, 3.05) is 6.54 Å². The lowest BCUT2D eigenvalue weighted by Gasteiger charge is -2.10. The number of amidine groups is 1. The summed E-state index contributed by atoms with van der Waals surface area (Å²) in [5.41, 5.74) is 5.35. The average Bonchev–Trinajstić information content (AvgIpc) is 2.46. The lowest BCUT2D eigenvalue weighted by atomic mass is 10.2. The van der Waals surface area contributed by atoms with Gasteiger partial charge in [-0.05, 0) is 25.0 Å². The number of nitrogens with one attached hydrogen (secondary N) is 1. The Kier molecular flexibility index (Phi) is 6.93. The molecule has 0 aliphatic rings. The van der Waals surface area contributed by atoms with Crippen LogP contribution < -0.4 is 15.8 Å². The topological polar surface area (TPSA) is 96.9 Å². The van der Waals surface area contributed by atoms with Gasteiger partial charge in [0.1, 0.15) is 11.6 Å². The molecular weight excluding hydrogens is 284 g/mol. The highest BCUT2D eigenvalue weighted by Gasteiger charge is 2.14. The van der Waals surface area contributed by atoms with E-state index >= 15 is 0 Å². The molecule has 0 radical (unpaired) electrons. The van der Waals surface area contributed by atoms with E-state index in [0.29, 0.717) is 25.8 Å². The van der Waals surface area contributed by atoms with Gasteiger partial charge >= 0.3 is 6.61 Å². The van der Waals surface area contributed by atoms with Crippen molar-refractivity contribution in [1.82, 2.24) is 5.32 Å². The third kappa shape index (κ3) is 6.07. The Morgan fingerprint density at radius 1 is 1.38 bits per heavy atom. The Balaban J connectivity index is 2.45. The number of amides is 1. The Hall–Kier alpha value is -2.38. The fraction of sp³-hybridized carbons (Fsp3) is 0.385. The number of rotatable bonds is 8. The standard InChI is InChI=1S/C13H17F2N3O3/c14-13(15)21-10-6-2-1-5-9(10)12(19)17-8-4-3-7-11(16)18-20/h1-2,5-6,13,20H,3-4,7-8H2,(H2,16,18)(H,17,19). The van der Waals surface area contributed by atoms with Crippen LogP contribution in [0.15, 0.2) is 29.4 Å². The summed E-state index contributed by atoms with van der Waals surface area (Å²) in [6.07, 6.45) is 1.66. The normalized spacial score (nSPS) is 11.5. The van der Waals surface area contributed by atoms with Crippen molar-refractivity contribution in [3.8, 4) is 5.75 Å². The van der Waals surface area contributed by atoms with Crippen LogP contribution in [-0.2, 0) is 0 Å². The number of nitrogens with two attached hydrogens (primary N) is 1. The van der Waals surface area contributed by atoms with Crippen molar-refractivity contribution >= 4 is 11.7 Å². The number of nitrogens with zero attached hydrogens (tertiary/aromatic N) is 1. The van der Waals surface area contributed by atoms with Gasteiger partial charge in [-0.2, -0.15) is 8.78 Å². The number of halogens is 2. The predicted molar refractivity (Wildman–Crippen MR) is 72.7 cm³/mol. The third-order valence-corrected chi connectivity index (χ3v) is 2.62. The third-order valence-electron chi connectivity index (χ3n) is 2.62. The van der Waals surface area contributed by atoms with Gasteiger partial charge in [0.25, 0.3) is 5.91 Å². The minimum atomic E-state index is -2.99. The fourth-order valence-electron chi connectivity index (χ4n) is 1.63. The first kappa shape index (κ1) is 16.7. The summed E-state index contributed by atoms with van der Waals surface area (Å²) >= 11 is 0. The highest BCUT2D eigenvalue weighted by molar-refractivity contribution is 5.96. The molecule has 0 aliphatic heterocycles. The molecule has 116 valence electrons. The molecule has 1 rings (SSSR count). The van der Waals surface area contributed by atoms with Gasteiger partial charge < -0.3 is 21.0 Å². The summed E-state index contributed by atoms with van der Waals surface area (Å²) < 4.78 is 28.7. The van der Waals surface area contributed by atoms with E-state index in [1.165, 1.54) is 18.2 Å². The molecule has 0 saturated heterocycles.